The molecule has 0 saturated heterocycles. The summed E-state index contributed by atoms with van der Waals surface area (Å²) in [6, 6.07) is 50.4. The van der Waals surface area contributed by atoms with Gasteiger partial charge in [0.05, 0.1) is 0 Å². The molecular weight excluding hydrogens is 516 g/mol. The van der Waals surface area contributed by atoms with Gasteiger partial charge < -0.3 is 0 Å². The monoisotopic (exact) mass is 554 g/mol. The van der Waals surface area contributed by atoms with E-state index in [1.807, 2.05) is 0 Å². The predicted octanol–water partition coefficient (Wildman–Crippen LogP) is 11.7. The minimum absolute atomic E-state index is 0.0626. The van der Waals surface area contributed by atoms with Crippen molar-refractivity contribution in [2.75, 3.05) is 0 Å². The third kappa shape index (κ3) is 4.27. The Kier molecular flexibility index (Phi) is 6.16. The molecule has 0 aliphatic heterocycles. The summed E-state index contributed by atoms with van der Waals surface area (Å²) in [5, 5.41) is 2.58. The first-order chi connectivity index (χ1) is 21.0. The first-order valence-electron chi connectivity index (χ1n) is 16.0. The van der Waals surface area contributed by atoms with Crippen LogP contribution in [0.2, 0.25) is 0 Å². The van der Waals surface area contributed by atoms with Gasteiger partial charge in [-0.3, -0.25) is 0 Å². The first kappa shape index (κ1) is 26.2. The Balaban J connectivity index is 1.13. The van der Waals surface area contributed by atoms with E-state index in [-0.39, 0.29) is 10.8 Å². The Morgan fingerprint density at radius 1 is 0.419 bits per heavy atom. The van der Waals surface area contributed by atoms with Crippen molar-refractivity contribution in [2.24, 2.45) is 0 Å². The van der Waals surface area contributed by atoms with E-state index in [9.17, 15) is 0 Å². The van der Waals surface area contributed by atoms with Crippen LogP contribution in [0.4, 0.5) is 0 Å². The molecule has 43 heavy (non-hydrogen) atoms. The van der Waals surface area contributed by atoms with Gasteiger partial charge in [-0.15, -0.1) is 0 Å². The molecule has 8 rings (SSSR count). The zero-order valence-electron chi connectivity index (χ0n) is 25.2. The highest BCUT2D eigenvalue weighted by molar-refractivity contribution is 5.89. The van der Waals surface area contributed by atoms with E-state index in [0.29, 0.717) is 0 Å². The lowest BCUT2D eigenvalue weighted by Gasteiger charge is -2.38. The summed E-state index contributed by atoms with van der Waals surface area (Å²) >= 11 is 0. The summed E-state index contributed by atoms with van der Waals surface area (Å²) in [6.07, 6.45) is 6.44. The summed E-state index contributed by atoms with van der Waals surface area (Å²) in [7, 11) is 0. The molecule has 0 amide bonds. The molecule has 0 heterocycles. The Morgan fingerprint density at radius 2 is 0.930 bits per heavy atom. The molecule has 0 spiro atoms. The molecule has 2 aliphatic carbocycles. The molecule has 0 aromatic heterocycles. The van der Waals surface area contributed by atoms with Gasteiger partial charge in [-0.2, -0.15) is 0 Å². The molecule has 0 unspecified atom stereocenters. The van der Waals surface area contributed by atoms with Crippen molar-refractivity contribution in [1.82, 2.24) is 0 Å². The fourth-order valence-electron chi connectivity index (χ4n) is 8.10. The SMILES string of the molecule is CC1(C)c2cc(-c3ccc(C4(c5ccccc5)CCCCC4)cc3)ccc2-c2ccc(-c3ccc4ccccc4c3)cc21. The Morgan fingerprint density at radius 3 is 1.60 bits per heavy atom. The van der Waals surface area contributed by atoms with Crippen molar-refractivity contribution in [3.05, 3.63) is 156 Å². The molecule has 2 aliphatic rings. The van der Waals surface area contributed by atoms with Gasteiger partial charge >= 0.3 is 0 Å². The molecule has 0 atom stereocenters. The van der Waals surface area contributed by atoms with Gasteiger partial charge in [0, 0.05) is 10.8 Å². The third-order valence-electron chi connectivity index (χ3n) is 10.6. The number of fused-ring (bicyclic) bond motifs is 4. The van der Waals surface area contributed by atoms with E-state index in [1.165, 1.54) is 98.5 Å². The molecule has 0 bridgehead atoms. The molecule has 6 aromatic carbocycles. The second kappa shape index (κ2) is 10.1. The normalized spacial score (nSPS) is 16.5. The highest BCUT2D eigenvalue weighted by Crippen LogP contribution is 2.51. The molecule has 0 heteroatoms. The molecule has 0 N–H and O–H groups in total. The van der Waals surface area contributed by atoms with Crippen molar-refractivity contribution in [3.63, 3.8) is 0 Å². The van der Waals surface area contributed by atoms with E-state index in [0.717, 1.165) is 0 Å². The van der Waals surface area contributed by atoms with Gasteiger partial charge in [-0.05, 0) is 97.4 Å². The zero-order valence-corrected chi connectivity index (χ0v) is 25.2. The van der Waals surface area contributed by atoms with Crippen LogP contribution in [0.5, 0.6) is 0 Å². The van der Waals surface area contributed by atoms with Crippen molar-refractivity contribution in [3.8, 4) is 33.4 Å². The molecule has 0 nitrogen and oxygen atoms in total. The lowest BCUT2D eigenvalue weighted by molar-refractivity contribution is 0.346. The number of benzene rings is 6. The number of hydrogen-bond acceptors (Lipinski definition) is 0. The van der Waals surface area contributed by atoms with Crippen molar-refractivity contribution in [2.45, 2.75) is 56.8 Å². The second-order valence-corrected chi connectivity index (χ2v) is 13.3. The Hall–Kier alpha value is -4.42. The minimum atomic E-state index is -0.0626. The average Bonchev–Trinajstić information content (AvgIpc) is 3.30. The van der Waals surface area contributed by atoms with Crippen molar-refractivity contribution in [1.29, 1.82) is 0 Å². The number of hydrogen-bond donors (Lipinski definition) is 0. The van der Waals surface area contributed by atoms with Gasteiger partial charge in [-0.1, -0.05) is 148 Å². The Bertz CT molecular complexity index is 1950. The van der Waals surface area contributed by atoms with E-state index in [4.69, 9.17) is 0 Å². The van der Waals surface area contributed by atoms with Gasteiger partial charge in [0.15, 0.2) is 0 Å². The van der Waals surface area contributed by atoms with Crippen LogP contribution >= 0.6 is 0 Å². The fraction of sp³-hybridized carbons (Fsp3) is 0.209. The largest absolute Gasteiger partial charge is 0.0622 e. The topological polar surface area (TPSA) is 0 Å². The molecule has 0 radical (unpaired) electrons. The highest BCUT2D eigenvalue weighted by Gasteiger charge is 2.37. The van der Waals surface area contributed by atoms with E-state index in [2.05, 4.69) is 147 Å². The van der Waals surface area contributed by atoms with Crippen LogP contribution in [0.1, 0.15) is 68.2 Å². The molecule has 1 fully saturated rings. The molecular formula is C43H38. The maximum absolute atomic E-state index is 2.45. The van der Waals surface area contributed by atoms with Crippen LogP contribution in [-0.4, -0.2) is 0 Å². The predicted molar refractivity (Wildman–Crippen MR) is 183 cm³/mol. The zero-order chi connectivity index (χ0) is 29.0. The van der Waals surface area contributed by atoms with Crippen molar-refractivity contribution >= 4 is 10.8 Å². The summed E-state index contributed by atoms with van der Waals surface area (Å²) < 4.78 is 0. The van der Waals surface area contributed by atoms with Crippen LogP contribution in [0.3, 0.4) is 0 Å². The van der Waals surface area contributed by atoms with Crippen molar-refractivity contribution < 1.29 is 0 Å². The van der Waals surface area contributed by atoms with Gasteiger partial charge in [0.25, 0.3) is 0 Å². The highest BCUT2D eigenvalue weighted by atomic mass is 14.4. The summed E-state index contributed by atoms with van der Waals surface area (Å²) in [5.74, 6) is 0. The maximum Gasteiger partial charge on any atom is 0.0202 e. The number of rotatable bonds is 4. The van der Waals surface area contributed by atoms with Crippen LogP contribution < -0.4 is 0 Å². The average molecular weight is 555 g/mol. The molecule has 1 saturated carbocycles. The van der Waals surface area contributed by atoms with Crippen LogP contribution in [-0.2, 0) is 10.8 Å². The third-order valence-corrected chi connectivity index (χ3v) is 10.6. The molecule has 210 valence electrons. The quantitative estimate of drug-likeness (QED) is 0.203. The summed E-state index contributed by atoms with van der Waals surface area (Å²) in [6.45, 7) is 4.78. The van der Waals surface area contributed by atoms with E-state index < -0.39 is 0 Å². The summed E-state index contributed by atoms with van der Waals surface area (Å²) in [5.41, 5.74) is 13.8. The van der Waals surface area contributed by atoms with Crippen LogP contribution in [0.15, 0.2) is 133 Å². The lowest BCUT2D eigenvalue weighted by atomic mass is 9.65. The Labute approximate surface area is 256 Å². The summed E-state index contributed by atoms with van der Waals surface area (Å²) in [4.78, 5) is 0. The smallest absolute Gasteiger partial charge is 0.0202 e. The minimum Gasteiger partial charge on any atom is -0.0622 e. The van der Waals surface area contributed by atoms with Gasteiger partial charge in [0.1, 0.15) is 0 Å². The molecule has 6 aromatic rings. The fourth-order valence-corrected chi connectivity index (χ4v) is 8.10. The first-order valence-corrected chi connectivity index (χ1v) is 16.0. The second-order valence-electron chi connectivity index (χ2n) is 13.3. The van der Waals surface area contributed by atoms with Crippen LogP contribution in [0.25, 0.3) is 44.2 Å². The lowest BCUT2D eigenvalue weighted by Crippen LogP contribution is -2.30. The maximum atomic E-state index is 2.45. The van der Waals surface area contributed by atoms with E-state index in [1.54, 1.807) is 0 Å². The van der Waals surface area contributed by atoms with Gasteiger partial charge in [0.2, 0.25) is 0 Å². The van der Waals surface area contributed by atoms with Gasteiger partial charge in [-0.25, -0.2) is 0 Å². The van der Waals surface area contributed by atoms with Crippen LogP contribution in [0, 0.1) is 0 Å². The van der Waals surface area contributed by atoms with E-state index >= 15 is 0 Å². The standard InChI is InChI=1S/C43H38/c1-42(2)40-28-34(31-17-21-37(22-18-31)43(25-9-4-10-26-43)36-13-5-3-6-14-36)19-23-38(40)39-24-20-35(29-41(39)42)33-16-15-30-11-7-8-12-32(30)27-33/h3,5-8,11-24,27-29H,4,9-10,25-26H2,1-2H3.